The fraction of sp³-hybridized carbons (Fsp3) is 0.750. The van der Waals surface area contributed by atoms with E-state index in [0.717, 1.165) is 0 Å². The van der Waals surface area contributed by atoms with Crippen LogP contribution in [0, 0.1) is 0 Å². The molecule has 0 atom stereocenters. The molecule has 0 heterocycles. The quantitative estimate of drug-likeness (QED) is 0.578. The Hall–Kier alpha value is -0.700. The van der Waals surface area contributed by atoms with Gasteiger partial charge in [-0.05, 0) is 0 Å². The van der Waals surface area contributed by atoms with Crippen molar-refractivity contribution in [3.05, 3.63) is 0 Å². The minimum absolute atomic E-state index is 0.00528. The summed E-state index contributed by atoms with van der Waals surface area (Å²) >= 11 is 0. The molecule has 0 aliphatic heterocycles. The molecule has 64 valence electrons. The van der Waals surface area contributed by atoms with Crippen LogP contribution in [-0.4, -0.2) is 25.3 Å². The Bertz CT molecular complexity index is 140. The molecule has 0 unspecified atom stereocenters. The summed E-state index contributed by atoms with van der Waals surface area (Å²) in [7, 11) is 1.47. The van der Waals surface area contributed by atoms with Crippen molar-refractivity contribution in [2.45, 2.75) is 26.2 Å². The van der Waals surface area contributed by atoms with Crippen LogP contribution in [0.2, 0.25) is 0 Å². The van der Waals surface area contributed by atoms with Gasteiger partial charge in [0.25, 0.3) is 0 Å². The largest absolute Gasteiger partial charge is 0.377 e. The van der Waals surface area contributed by atoms with Gasteiger partial charge in [-0.2, -0.15) is 0 Å². The van der Waals surface area contributed by atoms with Crippen molar-refractivity contribution < 1.29 is 14.3 Å². The Balaban J connectivity index is 3.38. The van der Waals surface area contributed by atoms with E-state index in [2.05, 4.69) is 4.74 Å². The highest BCUT2D eigenvalue weighted by Crippen LogP contribution is 1.95. The molecule has 0 aromatic carbocycles. The number of Topliss-reactive ketones (excluding diaryl/α,β-unsaturated/α-hetero) is 2. The van der Waals surface area contributed by atoms with Crippen molar-refractivity contribution in [2.75, 3.05) is 13.7 Å². The van der Waals surface area contributed by atoms with Gasteiger partial charge in [0.2, 0.25) is 0 Å². The third-order valence-electron chi connectivity index (χ3n) is 1.38. The van der Waals surface area contributed by atoms with E-state index < -0.39 is 0 Å². The van der Waals surface area contributed by atoms with E-state index in [1.54, 1.807) is 6.92 Å². The lowest BCUT2D eigenvalue weighted by atomic mass is 10.1. The molecule has 0 radical (unpaired) electrons. The predicted molar refractivity (Wildman–Crippen MR) is 41.4 cm³/mol. The van der Waals surface area contributed by atoms with Crippen LogP contribution in [0.4, 0.5) is 0 Å². The second-order valence-electron chi connectivity index (χ2n) is 2.36. The maximum atomic E-state index is 10.8. The SMILES string of the molecule is CCC(=O)CCC(=O)COC. The molecule has 0 bridgehead atoms. The zero-order valence-corrected chi connectivity index (χ0v) is 7.05. The molecule has 0 fully saturated rings. The topological polar surface area (TPSA) is 43.4 Å². The molecule has 0 saturated carbocycles. The van der Waals surface area contributed by atoms with Gasteiger partial charge in [-0.25, -0.2) is 0 Å². The highest BCUT2D eigenvalue weighted by molar-refractivity contribution is 5.86. The lowest BCUT2D eigenvalue weighted by Crippen LogP contribution is -2.08. The van der Waals surface area contributed by atoms with E-state index in [9.17, 15) is 9.59 Å². The fourth-order valence-electron chi connectivity index (χ4n) is 0.689. The number of rotatable bonds is 6. The first-order valence-corrected chi connectivity index (χ1v) is 3.73. The van der Waals surface area contributed by atoms with Gasteiger partial charge in [0, 0.05) is 26.4 Å². The number of methoxy groups -OCH3 is 1. The summed E-state index contributed by atoms with van der Waals surface area (Å²) in [4.78, 5) is 21.5. The number of carbonyl (C=O) groups is 2. The molecule has 0 aliphatic carbocycles. The standard InChI is InChI=1S/C8H14O3/c1-3-7(9)4-5-8(10)6-11-2/h3-6H2,1-2H3. The maximum Gasteiger partial charge on any atom is 0.158 e. The van der Waals surface area contributed by atoms with Crippen molar-refractivity contribution in [2.24, 2.45) is 0 Å². The molecule has 3 heteroatoms. The van der Waals surface area contributed by atoms with Crippen LogP contribution in [-0.2, 0) is 14.3 Å². The van der Waals surface area contributed by atoms with Gasteiger partial charge >= 0.3 is 0 Å². The van der Waals surface area contributed by atoms with Crippen LogP contribution < -0.4 is 0 Å². The van der Waals surface area contributed by atoms with Crippen molar-refractivity contribution in [3.8, 4) is 0 Å². The third-order valence-corrected chi connectivity index (χ3v) is 1.38. The highest BCUT2D eigenvalue weighted by Gasteiger charge is 2.03. The molecule has 0 N–H and O–H groups in total. The first-order chi connectivity index (χ1) is 5.20. The fourth-order valence-corrected chi connectivity index (χ4v) is 0.689. The summed E-state index contributed by atoms with van der Waals surface area (Å²) in [5.74, 6) is 0.128. The molecule has 3 nitrogen and oxygen atoms in total. The Labute approximate surface area is 66.7 Å². The Morgan fingerprint density at radius 2 is 1.73 bits per heavy atom. The normalized spacial score (nSPS) is 9.64. The van der Waals surface area contributed by atoms with Gasteiger partial charge in [0.05, 0.1) is 0 Å². The van der Waals surface area contributed by atoms with Crippen LogP contribution in [0.25, 0.3) is 0 Å². The van der Waals surface area contributed by atoms with Gasteiger partial charge in [-0.15, -0.1) is 0 Å². The summed E-state index contributed by atoms with van der Waals surface area (Å²) in [5.41, 5.74) is 0. The van der Waals surface area contributed by atoms with E-state index in [4.69, 9.17) is 0 Å². The first kappa shape index (κ1) is 10.3. The first-order valence-electron chi connectivity index (χ1n) is 3.73. The Morgan fingerprint density at radius 3 is 2.18 bits per heavy atom. The zero-order valence-electron chi connectivity index (χ0n) is 7.05. The summed E-state index contributed by atoms with van der Waals surface area (Å²) in [5, 5.41) is 0. The molecule has 11 heavy (non-hydrogen) atoms. The van der Waals surface area contributed by atoms with Crippen LogP contribution in [0.15, 0.2) is 0 Å². The Morgan fingerprint density at radius 1 is 1.18 bits per heavy atom. The van der Waals surface area contributed by atoms with Crippen LogP contribution in [0.1, 0.15) is 26.2 Å². The van der Waals surface area contributed by atoms with Gasteiger partial charge in [0.1, 0.15) is 12.4 Å². The van der Waals surface area contributed by atoms with Crippen LogP contribution in [0.5, 0.6) is 0 Å². The summed E-state index contributed by atoms with van der Waals surface area (Å²) in [6.07, 6.45) is 1.19. The highest BCUT2D eigenvalue weighted by atomic mass is 16.5. The van der Waals surface area contributed by atoms with Gasteiger partial charge in [-0.1, -0.05) is 6.92 Å². The maximum absolute atomic E-state index is 10.8. The summed E-state index contributed by atoms with van der Waals surface area (Å²) in [6, 6.07) is 0. The number of carbonyl (C=O) groups excluding carboxylic acids is 2. The second-order valence-corrected chi connectivity index (χ2v) is 2.36. The van der Waals surface area contributed by atoms with Gasteiger partial charge < -0.3 is 4.74 Å². The number of hydrogen-bond donors (Lipinski definition) is 0. The van der Waals surface area contributed by atoms with Crippen molar-refractivity contribution >= 4 is 11.6 Å². The van der Waals surface area contributed by atoms with Crippen LogP contribution in [0.3, 0.4) is 0 Å². The number of ketones is 2. The molecule has 0 saturated heterocycles. The molecule has 0 aromatic heterocycles. The number of ether oxygens (including phenoxy) is 1. The average molecular weight is 158 g/mol. The van der Waals surface area contributed by atoms with E-state index >= 15 is 0 Å². The lowest BCUT2D eigenvalue weighted by molar-refractivity contribution is -0.126. The smallest absolute Gasteiger partial charge is 0.158 e. The van der Waals surface area contributed by atoms with Crippen molar-refractivity contribution in [1.29, 1.82) is 0 Å². The molecular formula is C8H14O3. The molecule has 0 amide bonds. The van der Waals surface area contributed by atoms with Crippen molar-refractivity contribution in [3.63, 3.8) is 0 Å². The Kier molecular flexibility index (Phi) is 5.65. The summed E-state index contributed by atoms with van der Waals surface area (Å²) in [6.45, 7) is 1.92. The van der Waals surface area contributed by atoms with Gasteiger partial charge in [-0.3, -0.25) is 9.59 Å². The van der Waals surface area contributed by atoms with E-state index in [1.165, 1.54) is 7.11 Å². The molecule has 0 rings (SSSR count). The van der Waals surface area contributed by atoms with E-state index in [1.807, 2.05) is 0 Å². The lowest BCUT2D eigenvalue weighted by Gasteiger charge is -1.96. The van der Waals surface area contributed by atoms with Crippen LogP contribution >= 0.6 is 0 Å². The number of hydrogen-bond acceptors (Lipinski definition) is 3. The predicted octanol–water partition coefficient (Wildman–Crippen LogP) is 0.961. The monoisotopic (exact) mass is 158 g/mol. The average Bonchev–Trinajstić information content (AvgIpc) is 2.01. The zero-order chi connectivity index (χ0) is 8.69. The van der Waals surface area contributed by atoms with E-state index in [-0.39, 0.29) is 18.2 Å². The second kappa shape index (κ2) is 6.04. The minimum Gasteiger partial charge on any atom is -0.377 e. The molecule has 0 aromatic rings. The van der Waals surface area contributed by atoms with E-state index in [0.29, 0.717) is 19.3 Å². The van der Waals surface area contributed by atoms with Crippen molar-refractivity contribution in [1.82, 2.24) is 0 Å². The molecular weight excluding hydrogens is 144 g/mol. The molecule has 0 aliphatic rings. The van der Waals surface area contributed by atoms with Gasteiger partial charge in [0.15, 0.2) is 5.78 Å². The summed E-state index contributed by atoms with van der Waals surface area (Å²) < 4.78 is 4.61. The minimum atomic E-state index is -0.00528. The third kappa shape index (κ3) is 5.73. The molecule has 0 spiro atoms.